The molecule has 0 radical (unpaired) electrons. The zero-order valence-corrected chi connectivity index (χ0v) is 11.9. The van der Waals surface area contributed by atoms with Gasteiger partial charge in [0.25, 0.3) is 5.91 Å². The summed E-state index contributed by atoms with van der Waals surface area (Å²) in [6, 6.07) is 14.8. The molecule has 0 fully saturated rings. The summed E-state index contributed by atoms with van der Waals surface area (Å²) in [4.78, 5) is 23.1. The maximum Gasteiger partial charge on any atom is 0.305 e. The highest BCUT2D eigenvalue weighted by atomic mass is 35.5. The number of hydrogen-bond donors (Lipinski definition) is 2. The standard InChI is InChI=1S/C16H14ClNO3/c17-13-8-6-11(7-9-13)14(10-15(19)20)18-16(21)12-4-2-1-3-5-12/h1-9,14H,10H2,(H,18,21)(H,19,20)/t14-/m0/s1. The number of carboxylic acid groups (broad SMARTS) is 1. The Kier molecular flexibility index (Phi) is 4.95. The van der Waals surface area contributed by atoms with E-state index < -0.39 is 12.0 Å². The Hall–Kier alpha value is -2.33. The molecule has 4 nitrogen and oxygen atoms in total. The minimum atomic E-state index is -0.983. The molecule has 108 valence electrons. The fraction of sp³-hybridized carbons (Fsp3) is 0.125. The fourth-order valence-electron chi connectivity index (χ4n) is 1.95. The number of rotatable bonds is 5. The van der Waals surface area contributed by atoms with Gasteiger partial charge >= 0.3 is 5.97 Å². The Morgan fingerprint density at radius 1 is 1.05 bits per heavy atom. The van der Waals surface area contributed by atoms with E-state index in [4.69, 9.17) is 16.7 Å². The summed E-state index contributed by atoms with van der Waals surface area (Å²) in [5.41, 5.74) is 1.19. The third-order valence-corrected chi connectivity index (χ3v) is 3.24. The molecule has 1 amide bonds. The monoisotopic (exact) mass is 303 g/mol. The van der Waals surface area contributed by atoms with Crippen LogP contribution in [0.4, 0.5) is 0 Å². The van der Waals surface area contributed by atoms with Crippen molar-refractivity contribution >= 4 is 23.5 Å². The zero-order chi connectivity index (χ0) is 15.2. The highest BCUT2D eigenvalue weighted by Gasteiger charge is 2.18. The van der Waals surface area contributed by atoms with Gasteiger partial charge in [-0.25, -0.2) is 0 Å². The van der Waals surface area contributed by atoms with E-state index in [9.17, 15) is 9.59 Å². The van der Waals surface area contributed by atoms with Gasteiger partial charge in [-0.1, -0.05) is 41.9 Å². The molecule has 0 unspecified atom stereocenters. The second-order valence-corrected chi connectivity index (χ2v) is 4.98. The lowest BCUT2D eigenvalue weighted by atomic mass is 10.0. The number of benzene rings is 2. The van der Waals surface area contributed by atoms with Crippen LogP contribution in [-0.4, -0.2) is 17.0 Å². The van der Waals surface area contributed by atoms with Gasteiger partial charge in [0, 0.05) is 10.6 Å². The predicted octanol–water partition coefficient (Wildman–Crippen LogP) is 3.29. The van der Waals surface area contributed by atoms with Gasteiger partial charge in [0.2, 0.25) is 0 Å². The molecule has 0 saturated carbocycles. The molecule has 5 heteroatoms. The fourth-order valence-corrected chi connectivity index (χ4v) is 2.08. The molecule has 2 rings (SSSR count). The molecule has 0 saturated heterocycles. The molecule has 0 heterocycles. The second kappa shape index (κ2) is 6.90. The lowest BCUT2D eigenvalue weighted by Gasteiger charge is -2.17. The van der Waals surface area contributed by atoms with Crippen LogP contribution in [0.2, 0.25) is 5.02 Å². The van der Waals surface area contributed by atoms with E-state index in [1.54, 1.807) is 48.5 Å². The highest BCUT2D eigenvalue weighted by molar-refractivity contribution is 6.30. The minimum absolute atomic E-state index is 0.194. The Labute approximate surface area is 127 Å². The molecule has 0 aliphatic carbocycles. The summed E-state index contributed by atoms with van der Waals surface area (Å²) in [7, 11) is 0. The smallest absolute Gasteiger partial charge is 0.305 e. The minimum Gasteiger partial charge on any atom is -0.481 e. The number of carbonyl (C=O) groups is 2. The van der Waals surface area contributed by atoms with Crippen LogP contribution in [0.5, 0.6) is 0 Å². The van der Waals surface area contributed by atoms with Gasteiger partial charge < -0.3 is 10.4 Å². The van der Waals surface area contributed by atoms with Crippen molar-refractivity contribution in [2.45, 2.75) is 12.5 Å². The van der Waals surface area contributed by atoms with Crippen molar-refractivity contribution in [2.24, 2.45) is 0 Å². The molecule has 1 atom stereocenters. The van der Waals surface area contributed by atoms with Crippen molar-refractivity contribution in [1.29, 1.82) is 0 Å². The second-order valence-electron chi connectivity index (χ2n) is 4.54. The van der Waals surface area contributed by atoms with Crippen LogP contribution < -0.4 is 5.32 Å². The van der Waals surface area contributed by atoms with Crippen molar-refractivity contribution in [2.75, 3.05) is 0 Å². The van der Waals surface area contributed by atoms with E-state index in [-0.39, 0.29) is 12.3 Å². The first kappa shape index (κ1) is 15.1. The summed E-state index contributed by atoms with van der Waals surface area (Å²) in [6.45, 7) is 0. The van der Waals surface area contributed by atoms with E-state index in [2.05, 4.69) is 5.32 Å². The van der Waals surface area contributed by atoms with Crippen LogP contribution in [0.15, 0.2) is 54.6 Å². The molecule has 2 aromatic carbocycles. The maximum atomic E-state index is 12.1. The van der Waals surface area contributed by atoms with E-state index >= 15 is 0 Å². The predicted molar refractivity (Wildman–Crippen MR) is 80.4 cm³/mol. The number of aliphatic carboxylic acids is 1. The van der Waals surface area contributed by atoms with Gasteiger partial charge in [0.1, 0.15) is 0 Å². The van der Waals surface area contributed by atoms with Crippen molar-refractivity contribution in [3.8, 4) is 0 Å². The van der Waals surface area contributed by atoms with Crippen LogP contribution in [0.25, 0.3) is 0 Å². The van der Waals surface area contributed by atoms with Crippen molar-refractivity contribution in [1.82, 2.24) is 5.32 Å². The molecule has 21 heavy (non-hydrogen) atoms. The maximum absolute atomic E-state index is 12.1. The first-order valence-electron chi connectivity index (χ1n) is 6.39. The SMILES string of the molecule is O=C(O)C[C@H](NC(=O)c1ccccc1)c1ccc(Cl)cc1. The summed E-state index contributed by atoms with van der Waals surface area (Å²) in [5, 5.41) is 12.3. The molecule has 0 aliphatic rings. The van der Waals surface area contributed by atoms with Gasteiger partial charge in [0.15, 0.2) is 0 Å². The van der Waals surface area contributed by atoms with Crippen LogP contribution in [0, 0.1) is 0 Å². The van der Waals surface area contributed by atoms with Crippen LogP contribution in [0.1, 0.15) is 28.4 Å². The molecule has 0 aromatic heterocycles. The Morgan fingerprint density at radius 3 is 2.24 bits per heavy atom. The highest BCUT2D eigenvalue weighted by Crippen LogP contribution is 2.20. The van der Waals surface area contributed by atoms with Crippen molar-refractivity contribution in [3.63, 3.8) is 0 Å². The van der Waals surface area contributed by atoms with E-state index in [0.717, 1.165) is 0 Å². The van der Waals surface area contributed by atoms with Gasteiger partial charge in [-0.15, -0.1) is 0 Å². The third-order valence-electron chi connectivity index (χ3n) is 2.99. The molecular formula is C16H14ClNO3. The average molecular weight is 304 g/mol. The summed E-state index contributed by atoms with van der Waals surface area (Å²) < 4.78 is 0. The topological polar surface area (TPSA) is 66.4 Å². The van der Waals surface area contributed by atoms with Crippen LogP contribution in [-0.2, 0) is 4.79 Å². The average Bonchev–Trinajstić information content (AvgIpc) is 2.48. The van der Waals surface area contributed by atoms with Crippen LogP contribution in [0.3, 0.4) is 0 Å². The number of carboxylic acids is 1. The lowest BCUT2D eigenvalue weighted by molar-refractivity contribution is -0.137. The van der Waals surface area contributed by atoms with Gasteiger partial charge in [0.05, 0.1) is 12.5 Å². The summed E-state index contributed by atoms with van der Waals surface area (Å²) in [6.07, 6.45) is -0.194. The van der Waals surface area contributed by atoms with Crippen LogP contribution >= 0.6 is 11.6 Å². The number of carbonyl (C=O) groups excluding carboxylic acids is 1. The number of halogens is 1. The Bertz CT molecular complexity index is 626. The summed E-state index contributed by atoms with van der Waals surface area (Å²) >= 11 is 5.82. The van der Waals surface area contributed by atoms with Gasteiger partial charge in [-0.3, -0.25) is 9.59 Å². The largest absolute Gasteiger partial charge is 0.481 e. The Balaban J connectivity index is 2.18. The number of hydrogen-bond acceptors (Lipinski definition) is 2. The first-order valence-corrected chi connectivity index (χ1v) is 6.77. The molecule has 0 aliphatic heterocycles. The van der Waals surface area contributed by atoms with Crippen molar-refractivity contribution < 1.29 is 14.7 Å². The normalized spacial score (nSPS) is 11.7. The molecule has 2 N–H and O–H groups in total. The summed E-state index contributed by atoms with van der Waals surface area (Å²) in [5.74, 6) is -1.29. The van der Waals surface area contributed by atoms with E-state index in [1.807, 2.05) is 6.07 Å². The molecule has 0 bridgehead atoms. The molecule has 0 spiro atoms. The zero-order valence-electron chi connectivity index (χ0n) is 11.1. The third kappa shape index (κ3) is 4.33. The van der Waals surface area contributed by atoms with Gasteiger partial charge in [-0.05, 0) is 29.8 Å². The first-order chi connectivity index (χ1) is 10.1. The number of nitrogens with one attached hydrogen (secondary N) is 1. The lowest BCUT2D eigenvalue weighted by Crippen LogP contribution is -2.30. The molecule has 2 aromatic rings. The Morgan fingerprint density at radius 2 is 1.67 bits per heavy atom. The van der Waals surface area contributed by atoms with E-state index in [1.165, 1.54) is 0 Å². The van der Waals surface area contributed by atoms with E-state index in [0.29, 0.717) is 16.1 Å². The van der Waals surface area contributed by atoms with Gasteiger partial charge in [-0.2, -0.15) is 0 Å². The molecular weight excluding hydrogens is 290 g/mol. The quantitative estimate of drug-likeness (QED) is 0.890. The number of amides is 1. The van der Waals surface area contributed by atoms with Crippen molar-refractivity contribution in [3.05, 3.63) is 70.7 Å².